The van der Waals surface area contributed by atoms with E-state index >= 15 is 17.6 Å². The molecule has 4 aromatic carbocycles. The van der Waals surface area contributed by atoms with E-state index < -0.39 is 44.0 Å². The van der Waals surface area contributed by atoms with Crippen molar-refractivity contribution in [3.8, 4) is 0 Å². The van der Waals surface area contributed by atoms with Gasteiger partial charge in [0, 0.05) is 26.8 Å². The van der Waals surface area contributed by atoms with Crippen molar-refractivity contribution in [3.63, 3.8) is 0 Å². The SMILES string of the molecule is CCCC[Si](CCCC)(CCCC)c1ccc(P(c2ccccc2F)N(C)P(c2ccc([Si](CCCC)(CCCC)CCCC)cc2)c2ccccc2C(F)(F)F)cc1. The molecule has 9 heteroatoms. The van der Waals surface area contributed by atoms with E-state index in [9.17, 15) is 0 Å². The lowest BCUT2D eigenvalue weighted by molar-refractivity contribution is -0.136. The molecule has 0 aliphatic carbocycles. The standard InChI is InChI=1S/C50H73F4NP2Si2/c1-8-14-36-58(37-15-9-2,38-16-10-3)44-32-28-42(29-33-44)56(48-26-22-20-24-46(48)50(52,53)54)55(7)57(49-27-23-21-25-47(49)51)43-30-34-45(35-31-43)59(39-17-11-4,40-18-12-5)41-19-13-6/h20-35H,8-19,36-41H2,1-7H3. The third kappa shape index (κ3) is 12.9. The quantitative estimate of drug-likeness (QED) is 0.0345. The largest absolute Gasteiger partial charge is 0.417 e. The van der Waals surface area contributed by atoms with Gasteiger partial charge >= 0.3 is 6.18 Å². The molecule has 0 aliphatic rings. The van der Waals surface area contributed by atoms with Crippen LogP contribution in [-0.4, -0.2) is 27.6 Å². The van der Waals surface area contributed by atoms with E-state index in [4.69, 9.17) is 0 Å². The van der Waals surface area contributed by atoms with E-state index in [1.54, 1.807) is 18.2 Å². The molecule has 0 saturated carbocycles. The first-order chi connectivity index (χ1) is 28.5. The van der Waals surface area contributed by atoms with Gasteiger partial charge in [-0.15, -0.1) is 0 Å². The lowest BCUT2D eigenvalue weighted by Crippen LogP contribution is -2.48. The fraction of sp³-hybridized carbons (Fsp3) is 0.520. The molecule has 0 N–H and O–H groups in total. The molecule has 0 radical (unpaired) electrons. The highest BCUT2D eigenvalue weighted by Crippen LogP contribution is 2.54. The van der Waals surface area contributed by atoms with Crippen molar-refractivity contribution in [2.45, 2.75) is 161 Å². The molecule has 0 saturated heterocycles. The van der Waals surface area contributed by atoms with Gasteiger partial charge in [-0.25, -0.2) is 8.83 Å². The van der Waals surface area contributed by atoms with Gasteiger partial charge in [0.2, 0.25) is 0 Å². The van der Waals surface area contributed by atoms with Crippen molar-refractivity contribution in [1.82, 2.24) is 4.44 Å². The molecule has 0 spiro atoms. The van der Waals surface area contributed by atoms with Crippen molar-refractivity contribution in [1.29, 1.82) is 0 Å². The van der Waals surface area contributed by atoms with Crippen LogP contribution in [0.15, 0.2) is 97.1 Å². The average molecular weight is 882 g/mol. The summed E-state index contributed by atoms with van der Waals surface area (Å²) in [6.45, 7) is 13.7. The van der Waals surface area contributed by atoms with Crippen LogP contribution in [0.3, 0.4) is 0 Å². The molecule has 2 atom stereocenters. The number of rotatable bonds is 26. The highest BCUT2D eigenvalue weighted by atomic mass is 31.2. The Morgan fingerprint density at radius 3 is 1.12 bits per heavy atom. The number of hydrogen-bond donors (Lipinski definition) is 0. The summed E-state index contributed by atoms with van der Waals surface area (Å²) in [5, 5.41) is 5.57. The van der Waals surface area contributed by atoms with E-state index in [-0.39, 0.29) is 11.1 Å². The molecule has 4 aromatic rings. The fourth-order valence-electron chi connectivity index (χ4n) is 9.15. The van der Waals surface area contributed by atoms with Crippen molar-refractivity contribution in [2.75, 3.05) is 7.05 Å². The maximum atomic E-state index is 16.2. The summed E-state index contributed by atoms with van der Waals surface area (Å²) in [7, 11) is -5.00. The van der Waals surface area contributed by atoms with Gasteiger partial charge in [0.1, 0.15) is 5.82 Å². The topological polar surface area (TPSA) is 3.24 Å². The maximum absolute atomic E-state index is 16.2. The van der Waals surface area contributed by atoms with Gasteiger partial charge in [-0.2, -0.15) is 13.2 Å². The maximum Gasteiger partial charge on any atom is 0.417 e. The second-order valence-corrected chi connectivity index (χ2v) is 30.9. The Bertz CT molecular complexity index is 1760. The molecule has 1 nitrogen and oxygen atoms in total. The Morgan fingerprint density at radius 2 is 0.780 bits per heavy atom. The zero-order chi connectivity index (χ0) is 42.9. The smallest absolute Gasteiger partial charge is 0.248 e. The third-order valence-electron chi connectivity index (χ3n) is 12.6. The first kappa shape index (κ1) is 49.5. The lowest BCUT2D eigenvalue weighted by Gasteiger charge is -2.38. The van der Waals surface area contributed by atoms with Crippen LogP contribution >= 0.6 is 16.1 Å². The number of benzene rings is 4. The molecule has 0 aliphatic heterocycles. The van der Waals surface area contributed by atoms with Crippen LogP contribution in [0.4, 0.5) is 17.6 Å². The van der Waals surface area contributed by atoms with E-state index in [0.717, 1.165) is 29.9 Å². The molecule has 0 heterocycles. The minimum Gasteiger partial charge on any atom is -0.248 e. The van der Waals surface area contributed by atoms with Crippen LogP contribution in [0.1, 0.15) is 124 Å². The normalized spacial score (nSPS) is 13.6. The molecule has 59 heavy (non-hydrogen) atoms. The van der Waals surface area contributed by atoms with Crippen molar-refractivity contribution < 1.29 is 17.6 Å². The lowest BCUT2D eigenvalue weighted by atomic mass is 10.2. The summed E-state index contributed by atoms with van der Waals surface area (Å²) < 4.78 is 63.5. The summed E-state index contributed by atoms with van der Waals surface area (Å²) in [5.41, 5.74) is -0.614. The molecule has 2 unspecified atom stereocenters. The van der Waals surface area contributed by atoms with Crippen molar-refractivity contribution in [3.05, 3.63) is 108 Å². The van der Waals surface area contributed by atoms with E-state index in [1.165, 1.54) is 123 Å². The van der Waals surface area contributed by atoms with Gasteiger partial charge in [-0.05, 0) is 35.9 Å². The highest BCUT2D eigenvalue weighted by Gasteiger charge is 2.40. The Kier molecular flexibility index (Phi) is 20.5. The zero-order valence-corrected chi connectivity index (χ0v) is 41.1. The predicted octanol–water partition coefficient (Wildman–Crippen LogP) is 14.3. The van der Waals surface area contributed by atoms with Crippen LogP contribution in [0.25, 0.3) is 0 Å². The first-order valence-corrected chi connectivity index (χ1v) is 30.7. The number of halogens is 4. The van der Waals surface area contributed by atoms with Crippen LogP contribution in [-0.2, 0) is 6.18 Å². The van der Waals surface area contributed by atoms with E-state index in [0.29, 0.717) is 5.30 Å². The molecule has 324 valence electrons. The molecular weight excluding hydrogens is 809 g/mol. The summed E-state index contributed by atoms with van der Waals surface area (Å²) in [4.78, 5) is 0. The molecule has 4 rings (SSSR count). The Labute approximate surface area is 360 Å². The fourth-order valence-corrected chi connectivity index (χ4v) is 26.1. The zero-order valence-electron chi connectivity index (χ0n) is 37.3. The summed E-state index contributed by atoms with van der Waals surface area (Å²) >= 11 is 0. The minimum atomic E-state index is -4.54. The second kappa shape index (κ2) is 24.5. The Hall–Kier alpha value is -2.15. The Morgan fingerprint density at radius 1 is 0.458 bits per heavy atom. The third-order valence-corrected chi connectivity index (χ3v) is 29.1. The predicted molar refractivity (Wildman–Crippen MR) is 260 cm³/mol. The van der Waals surface area contributed by atoms with Gasteiger partial charge in [0.15, 0.2) is 0 Å². The van der Waals surface area contributed by atoms with Crippen LogP contribution < -0.4 is 31.6 Å². The summed E-state index contributed by atoms with van der Waals surface area (Å²) in [5.74, 6) is -0.319. The molecule has 0 amide bonds. The monoisotopic (exact) mass is 881 g/mol. The highest BCUT2D eigenvalue weighted by molar-refractivity contribution is 7.84. The molecule has 0 fully saturated rings. The average Bonchev–Trinajstić information content (AvgIpc) is 3.24. The van der Waals surface area contributed by atoms with Gasteiger partial charge in [-0.3, -0.25) is 0 Å². The van der Waals surface area contributed by atoms with Crippen LogP contribution in [0.2, 0.25) is 36.3 Å². The van der Waals surface area contributed by atoms with E-state index in [1.807, 2.05) is 19.2 Å². The number of unbranched alkanes of at least 4 members (excludes halogenated alkanes) is 6. The van der Waals surface area contributed by atoms with Crippen molar-refractivity contribution in [2.24, 2.45) is 0 Å². The van der Waals surface area contributed by atoms with Gasteiger partial charge < -0.3 is 0 Å². The van der Waals surface area contributed by atoms with Crippen LogP contribution in [0, 0.1) is 5.82 Å². The molecule has 0 bridgehead atoms. The molecular formula is C50H73F4NP2Si2. The van der Waals surface area contributed by atoms with Gasteiger partial charge in [-0.1, -0.05) is 244 Å². The second-order valence-electron chi connectivity index (χ2n) is 16.9. The minimum absolute atomic E-state index is 0.266. The first-order valence-electron chi connectivity index (χ1n) is 22.9. The number of alkyl halides is 3. The van der Waals surface area contributed by atoms with E-state index in [2.05, 4.69) is 94.5 Å². The van der Waals surface area contributed by atoms with Gasteiger partial charge in [0.05, 0.1) is 21.7 Å². The Balaban J connectivity index is 1.94. The van der Waals surface area contributed by atoms with Crippen LogP contribution in [0.5, 0.6) is 0 Å². The van der Waals surface area contributed by atoms with Crippen molar-refractivity contribution >= 4 is 63.9 Å². The number of hydrogen-bond acceptors (Lipinski definition) is 1. The van der Waals surface area contributed by atoms with Gasteiger partial charge in [0.25, 0.3) is 0 Å². The summed E-state index contributed by atoms with van der Waals surface area (Å²) in [6, 6.07) is 38.5. The number of nitrogens with zero attached hydrogens (tertiary/aromatic N) is 1. The molecule has 0 aromatic heterocycles. The summed E-state index contributed by atoms with van der Waals surface area (Å²) in [6.07, 6.45) is 9.80.